The van der Waals surface area contributed by atoms with E-state index in [1.54, 1.807) is 18.4 Å². The van der Waals surface area contributed by atoms with Gasteiger partial charge < -0.3 is 14.5 Å². The number of nitrogens with one attached hydrogen (secondary N) is 1. The van der Waals surface area contributed by atoms with Crippen LogP contribution in [0.15, 0.2) is 28.0 Å². The van der Waals surface area contributed by atoms with Gasteiger partial charge in [0.15, 0.2) is 11.0 Å². The van der Waals surface area contributed by atoms with E-state index in [0.29, 0.717) is 10.6 Å². The molecule has 0 unspecified atom stereocenters. The predicted molar refractivity (Wildman–Crippen MR) is 71.9 cm³/mol. The average Bonchev–Trinajstić information content (AvgIpc) is 2.98. The van der Waals surface area contributed by atoms with Crippen LogP contribution in [0.3, 0.4) is 0 Å². The molecule has 1 N–H and O–H groups in total. The zero-order valence-electron chi connectivity index (χ0n) is 9.94. The quantitative estimate of drug-likeness (QED) is 0.878. The van der Waals surface area contributed by atoms with Gasteiger partial charge in [-0.3, -0.25) is 4.79 Å². The van der Waals surface area contributed by atoms with Crippen molar-refractivity contribution in [2.24, 2.45) is 0 Å². The van der Waals surface area contributed by atoms with Crippen LogP contribution >= 0.6 is 22.9 Å². The summed E-state index contributed by atoms with van der Waals surface area (Å²) in [6.07, 6.45) is 0. The van der Waals surface area contributed by atoms with Gasteiger partial charge in [0, 0.05) is 0 Å². The van der Waals surface area contributed by atoms with Gasteiger partial charge in [0.1, 0.15) is 5.00 Å². The molecule has 0 aromatic carbocycles. The molecule has 2 rings (SSSR count). The third kappa shape index (κ3) is 3.15. The summed E-state index contributed by atoms with van der Waals surface area (Å²) in [5.41, 5.74) is 0.317. The van der Waals surface area contributed by atoms with E-state index < -0.39 is 11.9 Å². The Morgan fingerprint density at radius 1 is 1.42 bits per heavy atom. The highest BCUT2D eigenvalue weighted by molar-refractivity contribution is 7.14. The number of amides is 1. The fraction of sp³-hybridized carbons (Fsp3) is 0.167. The molecule has 0 atom stereocenters. The molecule has 0 bridgehead atoms. The van der Waals surface area contributed by atoms with Gasteiger partial charge in [-0.15, -0.1) is 11.3 Å². The summed E-state index contributed by atoms with van der Waals surface area (Å²) in [5, 5.41) is 4.82. The zero-order chi connectivity index (χ0) is 13.8. The Morgan fingerprint density at radius 2 is 2.21 bits per heavy atom. The molecule has 0 aliphatic rings. The normalized spacial score (nSPS) is 10.2. The predicted octanol–water partition coefficient (Wildman–Crippen LogP) is 3.42. The first-order valence-electron chi connectivity index (χ1n) is 5.43. The summed E-state index contributed by atoms with van der Waals surface area (Å²) < 4.78 is 9.87. The molecular formula is C12H10ClNO4S. The van der Waals surface area contributed by atoms with E-state index in [-0.39, 0.29) is 17.6 Å². The summed E-state index contributed by atoms with van der Waals surface area (Å²) in [4.78, 5) is 23.5. The summed E-state index contributed by atoms with van der Waals surface area (Å²) in [7, 11) is 0. The fourth-order valence-electron chi connectivity index (χ4n) is 1.38. The monoisotopic (exact) mass is 299 g/mol. The van der Waals surface area contributed by atoms with Crippen LogP contribution in [0.2, 0.25) is 5.22 Å². The summed E-state index contributed by atoms with van der Waals surface area (Å²) >= 11 is 6.82. The van der Waals surface area contributed by atoms with Crippen molar-refractivity contribution in [1.82, 2.24) is 0 Å². The summed E-state index contributed by atoms with van der Waals surface area (Å²) in [6.45, 7) is 1.99. The highest BCUT2D eigenvalue weighted by Gasteiger charge is 2.18. The molecule has 0 radical (unpaired) electrons. The lowest BCUT2D eigenvalue weighted by Crippen LogP contribution is -2.13. The van der Waals surface area contributed by atoms with Crippen LogP contribution in [0.25, 0.3) is 0 Å². The topological polar surface area (TPSA) is 68.5 Å². The zero-order valence-corrected chi connectivity index (χ0v) is 11.5. The van der Waals surface area contributed by atoms with Crippen LogP contribution in [0.1, 0.15) is 27.8 Å². The molecule has 0 saturated carbocycles. The highest BCUT2D eigenvalue weighted by atomic mass is 35.5. The molecule has 2 aromatic heterocycles. The first-order valence-corrected chi connectivity index (χ1v) is 6.69. The van der Waals surface area contributed by atoms with Crippen molar-refractivity contribution in [3.63, 3.8) is 0 Å². The minimum Gasteiger partial charge on any atom is -0.462 e. The van der Waals surface area contributed by atoms with E-state index in [9.17, 15) is 9.59 Å². The number of rotatable bonds is 4. The number of hydrogen-bond acceptors (Lipinski definition) is 5. The number of ether oxygens (including phenoxy) is 1. The van der Waals surface area contributed by atoms with Crippen LogP contribution in [-0.4, -0.2) is 18.5 Å². The fourth-order valence-corrected chi connectivity index (χ4v) is 2.29. The maximum absolute atomic E-state index is 11.8. The van der Waals surface area contributed by atoms with E-state index in [2.05, 4.69) is 5.32 Å². The molecule has 0 spiro atoms. The lowest BCUT2D eigenvalue weighted by Gasteiger charge is -2.04. The standard InChI is InChI=1S/C12H10ClNO4S/c1-2-17-12(16)7-5-6-19-11(7)14-10(15)8-3-4-9(13)18-8/h3-6H,2H2,1H3,(H,14,15). The lowest BCUT2D eigenvalue weighted by atomic mass is 10.3. The molecule has 0 aliphatic carbocycles. The van der Waals surface area contributed by atoms with Crippen molar-refractivity contribution in [3.05, 3.63) is 40.1 Å². The number of anilines is 1. The van der Waals surface area contributed by atoms with Gasteiger partial charge in [-0.05, 0) is 42.1 Å². The molecule has 7 heteroatoms. The summed E-state index contributed by atoms with van der Waals surface area (Å²) in [6, 6.07) is 4.51. The lowest BCUT2D eigenvalue weighted by molar-refractivity contribution is 0.0528. The van der Waals surface area contributed by atoms with Crippen molar-refractivity contribution in [3.8, 4) is 0 Å². The molecule has 100 valence electrons. The Bertz CT molecular complexity index is 604. The van der Waals surface area contributed by atoms with Crippen molar-refractivity contribution in [2.75, 3.05) is 11.9 Å². The molecule has 0 aliphatic heterocycles. The molecule has 2 heterocycles. The Balaban J connectivity index is 2.13. The number of halogens is 1. The molecule has 2 aromatic rings. The van der Waals surface area contributed by atoms with Crippen molar-refractivity contribution in [1.29, 1.82) is 0 Å². The third-order valence-corrected chi connectivity index (χ3v) is 3.22. The second-order valence-corrected chi connectivity index (χ2v) is 4.73. The van der Waals surface area contributed by atoms with Gasteiger partial charge in [0.25, 0.3) is 5.91 Å². The summed E-state index contributed by atoms with van der Waals surface area (Å²) in [5.74, 6) is -0.871. The Labute approximate surface area is 118 Å². The first kappa shape index (κ1) is 13.6. The number of carbonyl (C=O) groups excluding carboxylic acids is 2. The highest BCUT2D eigenvalue weighted by Crippen LogP contribution is 2.25. The SMILES string of the molecule is CCOC(=O)c1ccsc1NC(=O)c1ccc(Cl)o1. The molecule has 5 nitrogen and oxygen atoms in total. The van der Waals surface area contributed by atoms with E-state index in [4.69, 9.17) is 20.8 Å². The van der Waals surface area contributed by atoms with Crippen LogP contribution in [0, 0.1) is 0 Å². The van der Waals surface area contributed by atoms with Gasteiger partial charge >= 0.3 is 5.97 Å². The molecule has 0 fully saturated rings. The third-order valence-electron chi connectivity index (χ3n) is 2.18. The van der Waals surface area contributed by atoms with E-state index in [0.717, 1.165) is 0 Å². The minimum absolute atomic E-state index is 0.0770. The molecule has 0 saturated heterocycles. The number of hydrogen-bond donors (Lipinski definition) is 1. The first-order chi connectivity index (χ1) is 9.11. The Hall–Kier alpha value is -1.79. The van der Waals surface area contributed by atoms with E-state index in [1.807, 2.05) is 0 Å². The largest absolute Gasteiger partial charge is 0.462 e. The van der Waals surface area contributed by atoms with Crippen LogP contribution < -0.4 is 5.32 Å². The van der Waals surface area contributed by atoms with Crippen molar-refractivity contribution < 1.29 is 18.7 Å². The second-order valence-electron chi connectivity index (χ2n) is 3.44. The van der Waals surface area contributed by atoms with Crippen LogP contribution in [0.4, 0.5) is 5.00 Å². The van der Waals surface area contributed by atoms with Gasteiger partial charge in [0.05, 0.1) is 12.2 Å². The van der Waals surface area contributed by atoms with Gasteiger partial charge in [-0.2, -0.15) is 0 Å². The average molecular weight is 300 g/mol. The van der Waals surface area contributed by atoms with Crippen LogP contribution in [0.5, 0.6) is 0 Å². The maximum Gasteiger partial charge on any atom is 0.341 e. The smallest absolute Gasteiger partial charge is 0.341 e. The number of esters is 1. The number of carbonyl (C=O) groups is 2. The number of thiophene rings is 1. The van der Waals surface area contributed by atoms with Crippen molar-refractivity contribution in [2.45, 2.75) is 6.92 Å². The number of furan rings is 1. The minimum atomic E-state index is -0.475. The van der Waals surface area contributed by atoms with Gasteiger partial charge in [0.2, 0.25) is 0 Å². The maximum atomic E-state index is 11.8. The van der Waals surface area contributed by atoms with E-state index >= 15 is 0 Å². The molecule has 1 amide bonds. The second kappa shape index (κ2) is 5.90. The molecule has 19 heavy (non-hydrogen) atoms. The Kier molecular flexibility index (Phi) is 4.24. The van der Waals surface area contributed by atoms with E-state index in [1.165, 1.54) is 23.5 Å². The van der Waals surface area contributed by atoms with Gasteiger partial charge in [-0.1, -0.05) is 0 Å². The van der Waals surface area contributed by atoms with Gasteiger partial charge in [-0.25, -0.2) is 4.79 Å². The Morgan fingerprint density at radius 3 is 2.84 bits per heavy atom. The molecular weight excluding hydrogens is 290 g/mol. The van der Waals surface area contributed by atoms with Crippen molar-refractivity contribution >= 4 is 39.8 Å². The van der Waals surface area contributed by atoms with Crippen LogP contribution in [-0.2, 0) is 4.74 Å².